The molecule has 0 saturated heterocycles. The Morgan fingerprint density at radius 1 is 1.24 bits per heavy atom. The fourth-order valence-corrected chi connectivity index (χ4v) is 4.66. The average molecular weight is 466 g/mol. The lowest BCUT2D eigenvalue weighted by Crippen LogP contribution is -2.22. The smallest absolute Gasteiger partial charge is 0.303 e. The van der Waals surface area contributed by atoms with Crippen molar-refractivity contribution in [2.75, 3.05) is 16.8 Å². The first-order chi connectivity index (χ1) is 16.2. The minimum absolute atomic E-state index is 0.0494. The van der Waals surface area contributed by atoms with Crippen LogP contribution in [0.15, 0.2) is 30.7 Å². The van der Waals surface area contributed by atoms with Crippen molar-refractivity contribution in [2.45, 2.75) is 57.4 Å². The lowest BCUT2D eigenvalue weighted by atomic mass is 10.0. The molecule has 1 N–H and O–H groups in total. The number of anilines is 3. The molecule has 3 aromatic heterocycles. The Balaban J connectivity index is 1.43. The van der Waals surface area contributed by atoms with Crippen LogP contribution >= 0.6 is 0 Å². The summed E-state index contributed by atoms with van der Waals surface area (Å²) in [6.45, 7) is 3.69. The van der Waals surface area contributed by atoms with Gasteiger partial charge in [0.1, 0.15) is 11.6 Å². The van der Waals surface area contributed by atoms with E-state index in [1.54, 1.807) is 24.5 Å². The number of hydrogen-bond acceptors (Lipinski definition) is 6. The highest BCUT2D eigenvalue weighted by molar-refractivity contribution is 5.89. The van der Waals surface area contributed by atoms with E-state index in [-0.39, 0.29) is 11.3 Å². The quantitative estimate of drug-likeness (QED) is 0.581. The number of nitrogens with one attached hydrogen (secondary N) is 1. The fraction of sp³-hybridized carbons (Fsp3) is 0.458. The van der Waals surface area contributed by atoms with Gasteiger partial charge in [-0.3, -0.25) is 9.48 Å². The van der Waals surface area contributed by atoms with Gasteiger partial charge in [-0.1, -0.05) is 0 Å². The summed E-state index contributed by atoms with van der Waals surface area (Å²) in [5.41, 5.74) is 2.94. The number of hydrogen-bond donors (Lipinski definition) is 1. The Morgan fingerprint density at radius 3 is 2.71 bits per heavy atom. The SMILES string of the molecule is CC(=O)Nc1cc2c(cn1)C1(CC1)CN2c1cc(-c2cnn(CC3CC3)c2)nc(C(C)(F)F)n1. The summed E-state index contributed by atoms with van der Waals surface area (Å²) in [6, 6.07) is 3.54. The van der Waals surface area contributed by atoms with E-state index < -0.39 is 11.7 Å². The molecule has 0 aromatic carbocycles. The summed E-state index contributed by atoms with van der Waals surface area (Å²) >= 11 is 0. The number of alkyl halides is 2. The van der Waals surface area contributed by atoms with Crippen LogP contribution in [0.4, 0.5) is 26.1 Å². The van der Waals surface area contributed by atoms with E-state index in [9.17, 15) is 13.6 Å². The first kappa shape index (κ1) is 21.1. The molecule has 3 aromatic rings. The second-order valence-electron chi connectivity index (χ2n) is 9.85. The summed E-state index contributed by atoms with van der Waals surface area (Å²) in [4.78, 5) is 26.4. The third-order valence-electron chi connectivity index (χ3n) is 6.82. The Bertz CT molecular complexity index is 1290. The molecule has 0 radical (unpaired) electrons. The largest absolute Gasteiger partial charge is 0.325 e. The zero-order valence-corrected chi connectivity index (χ0v) is 19.1. The van der Waals surface area contributed by atoms with Crippen LogP contribution in [0, 0.1) is 5.92 Å². The molecule has 1 aliphatic heterocycles. The van der Waals surface area contributed by atoms with Gasteiger partial charge in [0, 0.05) is 68.0 Å². The Morgan fingerprint density at radius 2 is 2.03 bits per heavy atom. The maximum atomic E-state index is 14.4. The van der Waals surface area contributed by atoms with Gasteiger partial charge in [0.15, 0.2) is 0 Å². The third kappa shape index (κ3) is 3.80. The minimum atomic E-state index is -3.20. The van der Waals surface area contributed by atoms with Gasteiger partial charge in [-0.05, 0) is 31.6 Å². The van der Waals surface area contributed by atoms with Gasteiger partial charge in [0.05, 0.1) is 17.6 Å². The number of fused-ring (bicyclic) bond motifs is 2. The number of halogens is 2. The number of carbonyl (C=O) groups is 1. The Kier molecular flexibility index (Phi) is 4.53. The van der Waals surface area contributed by atoms with E-state index in [0.29, 0.717) is 35.4 Å². The van der Waals surface area contributed by atoms with Crippen LogP contribution in [-0.2, 0) is 22.7 Å². The average Bonchev–Trinajstić information content (AvgIpc) is 3.67. The highest BCUT2D eigenvalue weighted by Crippen LogP contribution is 2.58. The van der Waals surface area contributed by atoms with E-state index in [2.05, 4.69) is 25.4 Å². The second-order valence-corrected chi connectivity index (χ2v) is 9.85. The Labute approximate surface area is 195 Å². The predicted octanol–water partition coefficient (Wildman–Crippen LogP) is 4.40. The number of nitrogens with zero attached hydrogens (tertiary/aromatic N) is 6. The van der Waals surface area contributed by atoms with E-state index >= 15 is 0 Å². The van der Waals surface area contributed by atoms with Crippen LogP contribution in [0.3, 0.4) is 0 Å². The van der Waals surface area contributed by atoms with Gasteiger partial charge >= 0.3 is 5.92 Å². The molecule has 2 fully saturated rings. The fourth-order valence-electron chi connectivity index (χ4n) is 4.66. The summed E-state index contributed by atoms with van der Waals surface area (Å²) in [5, 5.41) is 7.12. The molecule has 3 aliphatic rings. The van der Waals surface area contributed by atoms with Crippen molar-refractivity contribution in [1.82, 2.24) is 24.7 Å². The minimum Gasteiger partial charge on any atom is -0.325 e. The first-order valence-electron chi connectivity index (χ1n) is 11.6. The number of aromatic nitrogens is 5. The van der Waals surface area contributed by atoms with Crippen LogP contribution in [0.25, 0.3) is 11.3 Å². The van der Waals surface area contributed by atoms with Gasteiger partial charge in [-0.25, -0.2) is 15.0 Å². The molecule has 176 valence electrons. The topological polar surface area (TPSA) is 88.8 Å². The molecule has 2 aliphatic carbocycles. The lowest BCUT2D eigenvalue weighted by molar-refractivity contribution is -0.114. The maximum absolute atomic E-state index is 14.4. The van der Waals surface area contributed by atoms with Crippen LogP contribution in [-0.4, -0.2) is 37.2 Å². The highest BCUT2D eigenvalue weighted by atomic mass is 19.3. The van der Waals surface area contributed by atoms with Gasteiger partial charge in [-0.2, -0.15) is 13.9 Å². The van der Waals surface area contributed by atoms with Crippen molar-refractivity contribution in [3.8, 4) is 11.3 Å². The summed E-state index contributed by atoms with van der Waals surface area (Å²) < 4.78 is 30.8. The zero-order valence-electron chi connectivity index (χ0n) is 19.1. The van der Waals surface area contributed by atoms with Crippen molar-refractivity contribution in [2.24, 2.45) is 5.92 Å². The van der Waals surface area contributed by atoms with Crippen molar-refractivity contribution in [3.63, 3.8) is 0 Å². The van der Waals surface area contributed by atoms with Gasteiger partial charge in [0.2, 0.25) is 11.7 Å². The van der Waals surface area contributed by atoms with Crippen molar-refractivity contribution >= 4 is 23.2 Å². The molecule has 0 unspecified atom stereocenters. The monoisotopic (exact) mass is 465 g/mol. The molecule has 2 saturated carbocycles. The molecule has 10 heteroatoms. The standard InChI is InChI=1S/C24H25F2N7O/c1-14(34)29-20-8-19-17(10-27-20)24(5-6-24)13-33(19)21-7-18(30-22(31-21)23(2,25)26)16-9-28-32(12-16)11-15-3-4-15/h7-10,12,15H,3-6,11,13H2,1-2H3,(H,27,29,34). The molecule has 4 heterocycles. The predicted molar refractivity (Wildman–Crippen MR) is 122 cm³/mol. The maximum Gasteiger partial charge on any atom is 0.303 e. The third-order valence-corrected chi connectivity index (χ3v) is 6.82. The van der Waals surface area contributed by atoms with E-state index in [1.807, 2.05) is 15.8 Å². The molecule has 1 amide bonds. The molecule has 6 rings (SSSR count). The molecule has 1 spiro atoms. The molecule has 34 heavy (non-hydrogen) atoms. The second kappa shape index (κ2) is 7.28. The molecular weight excluding hydrogens is 440 g/mol. The van der Waals surface area contributed by atoms with Gasteiger partial charge in [-0.15, -0.1) is 0 Å². The number of carbonyl (C=O) groups excluding carboxylic acids is 1. The van der Waals surface area contributed by atoms with Gasteiger partial charge < -0.3 is 10.2 Å². The normalized spacial score (nSPS) is 18.3. The first-order valence-corrected chi connectivity index (χ1v) is 11.6. The van der Waals surface area contributed by atoms with Crippen molar-refractivity contribution < 1.29 is 13.6 Å². The van der Waals surface area contributed by atoms with Crippen LogP contribution < -0.4 is 10.2 Å². The molecular formula is C24H25F2N7O. The van der Waals surface area contributed by atoms with Gasteiger partial charge in [0.25, 0.3) is 0 Å². The van der Waals surface area contributed by atoms with E-state index in [0.717, 1.165) is 37.6 Å². The van der Waals surface area contributed by atoms with E-state index in [1.165, 1.54) is 19.8 Å². The van der Waals surface area contributed by atoms with Crippen molar-refractivity contribution in [3.05, 3.63) is 42.1 Å². The van der Waals surface area contributed by atoms with Crippen molar-refractivity contribution in [1.29, 1.82) is 0 Å². The van der Waals surface area contributed by atoms with Crippen LogP contribution in [0.5, 0.6) is 0 Å². The number of pyridine rings is 1. The number of rotatable bonds is 6. The van der Waals surface area contributed by atoms with E-state index in [4.69, 9.17) is 0 Å². The van der Waals surface area contributed by atoms with Crippen LogP contribution in [0.2, 0.25) is 0 Å². The zero-order chi connectivity index (χ0) is 23.7. The molecule has 0 atom stereocenters. The summed E-state index contributed by atoms with van der Waals surface area (Å²) in [7, 11) is 0. The highest BCUT2D eigenvalue weighted by Gasteiger charge is 2.53. The Hall–Kier alpha value is -3.43. The van der Waals surface area contributed by atoms with Crippen LogP contribution in [0.1, 0.15) is 50.9 Å². The number of amides is 1. The summed E-state index contributed by atoms with van der Waals surface area (Å²) in [5.74, 6) is -2.48. The summed E-state index contributed by atoms with van der Waals surface area (Å²) in [6.07, 6.45) is 9.72. The molecule has 8 nitrogen and oxygen atoms in total. The lowest BCUT2D eigenvalue weighted by Gasteiger charge is -2.21. The molecule has 0 bridgehead atoms.